The van der Waals surface area contributed by atoms with Crippen molar-refractivity contribution in [2.24, 2.45) is 7.05 Å². The molecule has 4 rings (SSSR count). The first-order chi connectivity index (χ1) is 16.7. The average Bonchev–Trinajstić information content (AvgIpc) is 3.16. The first-order valence-electron chi connectivity index (χ1n) is 11.3. The smallest absolute Gasteiger partial charge is 0.329 e. The lowest BCUT2D eigenvalue weighted by Crippen LogP contribution is -2.41. The number of aliphatic carboxylic acids is 1. The lowest BCUT2D eigenvalue weighted by Gasteiger charge is -2.32. The Labute approximate surface area is 213 Å². The van der Waals surface area contributed by atoms with Crippen LogP contribution in [0.25, 0.3) is 10.9 Å². The quantitative estimate of drug-likeness (QED) is 0.502. The largest absolute Gasteiger partial charge is 0.480 e. The summed E-state index contributed by atoms with van der Waals surface area (Å²) in [5.74, 6) is -1.19. The van der Waals surface area contributed by atoms with E-state index < -0.39 is 5.97 Å². The summed E-state index contributed by atoms with van der Waals surface area (Å²) in [6.45, 7) is 2.56. The Morgan fingerprint density at radius 2 is 1.91 bits per heavy atom. The average molecular weight is 514 g/mol. The number of aryl methyl sites for hydroxylation is 2. The van der Waals surface area contributed by atoms with Crippen LogP contribution in [0.3, 0.4) is 0 Å². The Morgan fingerprint density at radius 1 is 1.20 bits per heavy atom. The van der Waals surface area contributed by atoms with Crippen LogP contribution < -0.4 is 0 Å². The minimum Gasteiger partial charge on any atom is -0.480 e. The summed E-state index contributed by atoms with van der Waals surface area (Å²) in [5.41, 5.74) is 4.58. The summed E-state index contributed by atoms with van der Waals surface area (Å²) in [4.78, 5) is 25.7. The molecule has 0 radical (unpaired) electrons. The Kier molecular flexibility index (Phi) is 7.36. The molecule has 0 bridgehead atoms. The highest BCUT2D eigenvalue weighted by atomic mass is 35.5. The number of aromatic nitrogens is 1. The molecule has 1 aliphatic rings. The van der Waals surface area contributed by atoms with E-state index in [1.807, 2.05) is 30.7 Å². The molecule has 2 heterocycles. The first-order valence-corrected chi connectivity index (χ1v) is 12.0. The number of hydrogen-bond acceptors (Lipinski definition) is 4. The normalized spacial score (nSPS) is 14.3. The van der Waals surface area contributed by atoms with Crippen molar-refractivity contribution < 1.29 is 19.4 Å². The van der Waals surface area contributed by atoms with Crippen LogP contribution in [-0.4, -0.2) is 52.3 Å². The van der Waals surface area contributed by atoms with Gasteiger partial charge in [-0.05, 0) is 61.2 Å². The van der Waals surface area contributed by atoms with Gasteiger partial charge in [-0.2, -0.15) is 5.26 Å². The molecule has 3 aromatic rings. The molecular weight excluding hydrogens is 489 g/mol. The molecule has 0 unspecified atom stereocenters. The predicted molar refractivity (Wildman–Crippen MR) is 134 cm³/mol. The van der Waals surface area contributed by atoms with E-state index in [2.05, 4.69) is 12.1 Å². The standard InChI is InChI=1S/C26H25Cl2N3O4/c1-15-9-16(13-29)10-23-20(15)11-17(30(23)2)12-21-22(27)4-3-19(25(21)28)26(34)31-7-5-18(6-8-31)35-14-24(32)33/h3-4,9-11,18H,5-8,12,14H2,1-2H3,(H,32,33). The lowest BCUT2D eigenvalue weighted by molar-refractivity contribution is -0.145. The molecule has 2 aromatic carbocycles. The number of nitrogens with zero attached hydrogens (tertiary/aromatic N) is 3. The first kappa shape index (κ1) is 25.1. The number of carboxylic acid groups (broad SMARTS) is 1. The van der Waals surface area contributed by atoms with Gasteiger partial charge in [0.2, 0.25) is 0 Å². The number of fused-ring (bicyclic) bond motifs is 1. The Morgan fingerprint density at radius 3 is 2.57 bits per heavy atom. The van der Waals surface area contributed by atoms with Crippen LogP contribution in [0.15, 0.2) is 30.3 Å². The van der Waals surface area contributed by atoms with Gasteiger partial charge in [0.15, 0.2) is 0 Å². The maximum Gasteiger partial charge on any atom is 0.329 e. The predicted octanol–water partition coefficient (Wildman–Crippen LogP) is 4.96. The second kappa shape index (κ2) is 10.3. The summed E-state index contributed by atoms with van der Waals surface area (Å²) in [6.07, 6.45) is 1.38. The number of carbonyl (C=O) groups excluding carboxylic acids is 1. The zero-order valence-corrected chi connectivity index (χ0v) is 21.0. The molecule has 1 fully saturated rings. The number of piperidine rings is 1. The molecule has 7 nitrogen and oxygen atoms in total. The lowest BCUT2D eigenvalue weighted by atomic mass is 10.0. The Balaban J connectivity index is 1.57. The van der Waals surface area contributed by atoms with Crippen molar-refractivity contribution >= 4 is 46.0 Å². The summed E-state index contributed by atoms with van der Waals surface area (Å²) < 4.78 is 7.38. The van der Waals surface area contributed by atoms with Crippen molar-refractivity contribution in [1.29, 1.82) is 5.26 Å². The number of halogens is 2. The zero-order valence-electron chi connectivity index (χ0n) is 19.5. The second-order valence-corrected chi connectivity index (χ2v) is 9.58. The number of nitriles is 1. The maximum absolute atomic E-state index is 13.3. The van der Waals surface area contributed by atoms with Crippen molar-refractivity contribution in [3.63, 3.8) is 0 Å². The monoisotopic (exact) mass is 513 g/mol. The number of carboxylic acids is 1. The minimum absolute atomic E-state index is 0.178. The highest BCUT2D eigenvalue weighted by Gasteiger charge is 2.27. The fourth-order valence-corrected chi connectivity index (χ4v) is 5.17. The van der Waals surface area contributed by atoms with Crippen LogP contribution in [0.5, 0.6) is 0 Å². The van der Waals surface area contributed by atoms with Crippen LogP contribution in [0.1, 0.15) is 45.6 Å². The number of benzene rings is 2. The van der Waals surface area contributed by atoms with E-state index in [0.717, 1.165) is 22.2 Å². The van der Waals surface area contributed by atoms with E-state index in [4.69, 9.17) is 33.0 Å². The minimum atomic E-state index is -1.00. The third-order valence-corrected chi connectivity index (χ3v) is 7.33. The number of ether oxygens (including phenoxy) is 1. The molecule has 1 aliphatic heterocycles. The zero-order chi connectivity index (χ0) is 25.3. The fraction of sp³-hybridized carbons (Fsp3) is 0.346. The number of amides is 1. The van der Waals surface area contributed by atoms with Crippen molar-refractivity contribution in [2.45, 2.75) is 32.3 Å². The van der Waals surface area contributed by atoms with Gasteiger partial charge in [-0.3, -0.25) is 4.79 Å². The van der Waals surface area contributed by atoms with E-state index in [9.17, 15) is 14.9 Å². The highest BCUT2D eigenvalue weighted by molar-refractivity contribution is 6.38. The molecule has 0 saturated carbocycles. The SMILES string of the molecule is Cc1cc(C#N)cc2c1cc(Cc1c(Cl)ccc(C(=O)N3CCC(OCC(=O)O)CC3)c1Cl)n2C. The molecule has 0 atom stereocenters. The molecule has 1 amide bonds. The number of hydrogen-bond donors (Lipinski definition) is 1. The van der Waals surface area contributed by atoms with E-state index in [1.165, 1.54) is 0 Å². The molecule has 0 spiro atoms. The second-order valence-electron chi connectivity index (χ2n) is 8.79. The van der Waals surface area contributed by atoms with Crippen LogP contribution in [0.4, 0.5) is 0 Å². The van der Waals surface area contributed by atoms with Crippen molar-refractivity contribution in [2.75, 3.05) is 19.7 Å². The van der Waals surface area contributed by atoms with E-state index in [-0.39, 0.29) is 18.6 Å². The molecule has 1 aromatic heterocycles. The van der Waals surface area contributed by atoms with Gasteiger partial charge in [0.1, 0.15) is 6.61 Å². The van der Waals surface area contributed by atoms with Gasteiger partial charge in [0.25, 0.3) is 5.91 Å². The fourth-order valence-electron chi connectivity index (χ4n) is 4.59. The number of likely N-dealkylation sites (tertiary alicyclic amines) is 1. The van der Waals surface area contributed by atoms with E-state index >= 15 is 0 Å². The van der Waals surface area contributed by atoms with Crippen LogP contribution in [0, 0.1) is 18.3 Å². The summed E-state index contributed by atoms with van der Waals surface area (Å²) in [7, 11) is 1.94. The van der Waals surface area contributed by atoms with E-state index in [0.29, 0.717) is 59.1 Å². The summed E-state index contributed by atoms with van der Waals surface area (Å²) in [5, 5.41) is 20.0. The molecule has 182 valence electrons. The van der Waals surface area contributed by atoms with Gasteiger partial charge >= 0.3 is 5.97 Å². The molecular formula is C26H25Cl2N3O4. The van der Waals surface area contributed by atoms with Gasteiger partial charge in [-0.15, -0.1) is 0 Å². The van der Waals surface area contributed by atoms with Crippen LogP contribution in [-0.2, 0) is 23.0 Å². The molecule has 1 saturated heterocycles. The third kappa shape index (κ3) is 5.15. The molecule has 0 aliphatic carbocycles. The van der Waals surface area contributed by atoms with Gasteiger partial charge in [0.05, 0.1) is 28.3 Å². The van der Waals surface area contributed by atoms with Crippen molar-refractivity contribution in [1.82, 2.24) is 9.47 Å². The summed E-state index contributed by atoms with van der Waals surface area (Å²) >= 11 is 13.3. The maximum atomic E-state index is 13.3. The molecule has 9 heteroatoms. The Hall–Kier alpha value is -3.05. The third-order valence-electron chi connectivity index (χ3n) is 6.54. The summed E-state index contributed by atoms with van der Waals surface area (Å²) in [6, 6.07) is 11.3. The van der Waals surface area contributed by atoms with E-state index in [1.54, 1.807) is 17.0 Å². The van der Waals surface area contributed by atoms with Gasteiger partial charge in [-0.25, -0.2) is 4.79 Å². The van der Waals surface area contributed by atoms with Gasteiger partial charge in [-0.1, -0.05) is 23.2 Å². The topological polar surface area (TPSA) is 95.6 Å². The Bertz CT molecular complexity index is 1350. The van der Waals surface area contributed by atoms with Crippen molar-refractivity contribution in [3.05, 3.63) is 68.3 Å². The number of carbonyl (C=O) groups is 2. The van der Waals surface area contributed by atoms with Crippen LogP contribution in [0.2, 0.25) is 10.0 Å². The van der Waals surface area contributed by atoms with Gasteiger partial charge < -0.3 is 19.3 Å². The highest BCUT2D eigenvalue weighted by Crippen LogP contribution is 2.33. The van der Waals surface area contributed by atoms with Gasteiger partial charge in [0, 0.05) is 48.2 Å². The molecule has 1 N–H and O–H groups in total. The van der Waals surface area contributed by atoms with Crippen molar-refractivity contribution in [3.8, 4) is 6.07 Å². The molecule has 35 heavy (non-hydrogen) atoms. The number of rotatable bonds is 6. The van der Waals surface area contributed by atoms with Crippen LogP contribution >= 0.6 is 23.2 Å².